The lowest BCUT2D eigenvalue weighted by Crippen LogP contribution is -2.02. The molecule has 0 unspecified atom stereocenters. The Morgan fingerprint density at radius 1 is 1.29 bits per heavy atom. The number of hydrogen-bond donors (Lipinski definition) is 2. The van der Waals surface area contributed by atoms with Crippen LogP contribution < -0.4 is 10.6 Å². The standard InChI is InChI=1S/C11H16N6/c1-7-5-13-11(15-10(7)12-3)14-9-6-17(4)16-8(9)2/h5-6H,1-4H3,(H2,12,13,14,15). The van der Waals surface area contributed by atoms with Crippen molar-refractivity contribution in [1.29, 1.82) is 0 Å². The highest BCUT2D eigenvalue weighted by Gasteiger charge is 2.06. The summed E-state index contributed by atoms with van der Waals surface area (Å²) in [5.74, 6) is 1.39. The molecular formula is C11H16N6. The van der Waals surface area contributed by atoms with E-state index in [0.29, 0.717) is 5.95 Å². The molecule has 0 aliphatic carbocycles. The second-order valence-electron chi connectivity index (χ2n) is 3.90. The fourth-order valence-corrected chi connectivity index (χ4v) is 1.60. The van der Waals surface area contributed by atoms with Crippen molar-refractivity contribution in [2.75, 3.05) is 17.7 Å². The van der Waals surface area contributed by atoms with Gasteiger partial charge in [-0.1, -0.05) is 0 Å². The summed E-state index contributed by atoms with van der Waals surface area (Å²) >= 11 is 0. The van der Waals surface area contributed by atoms with Crippen LogP contribution in [0.3, 0.4) is 0 Å². The first-order valence-electron chi connectivity index (χ1n) is 5.39. The number of aryl methyl sites for hydroxylation is 3. The van der Waals surface area contributed by atoms with Crippen molar-refractivity contribution in [2.45, 2.75) is 13.8 Å². The van der Waals surface area contributed by atoms with Crippen LogP contribution in [0.4, 0.5) is 17.5 Å². The molecular weight excluding hydrogens is 216 g/mol. The molecule has 0 radical (unpaired) electrons. The average molecular weight is 232 g/mol. The van der Waals surface area contributed by atoms with Gasteiger partial charge in [-0.05, 0) is 13.8 Å². The SMILES string of the molecule is CNc1nc(Nc2cn(C)nc2C)ncc1C. The molecule has 2 heterocycles. The third kappa shape index (κ3) is 2.35. The smallest absolute Gasteiger partial charge is 0.229 e. The third-order valence-corrected chi connectivity index (χ3v) is 2.47. The first kappa shape index (κ1) is 11.4. The predicted octanol–water partition coefficient (Wildman–Crippen LogP) is 1.61. The molecule has 2 rings (SSSR count). The van der Waals surface area contributed by atoms with Gasteiger partial charge in [-0.3, -0.25) is 4.68 Å². The lowest BCUT2D eigenvalue weighted by molar-refractivity contribution is 0.756. The van der Waals surface area contributed by atoms with E-state index in [1.165, 1.54) is 0 Å². The van der Waals surface area contributed by atoms with Gasteiger partial charge in [0.15, 0.2) is 0 Å². The monoisotopic (exact) mass is 232 g/mol. The van der Waals surface area contributed by atoms with Gasteiger partial charge in [0.05, 0.1) is 11.4 Å². The number of anilines is 3. The fraction of sp³-hybridized carbons (Fsp3) is 0.364. The normalized spacial score (nSPS) is 10.4. The Bertz CT molecular complexity index is 531. The summed E-state index contributed by atoms with van der Waals surface area (Å²) in [5, 5.41) is 10.4. The van der Waals surface area contributed by atoms with E-state index in [9.17, 15) is 0 Å². The van der Waals surface area contributed by atoms with Crippen molar-refractivity contribution in [1.82, 2.24) is 19.7 Å². The van der Waals surface area contributed by atoms with Crippen molar-refractivity contribution in [3.8, 4) is 0 Å². The minimum absolute atomic E-state index is 0.566. The Morgan fingerprint density at radius 2 is 2.06 bits per heavy atom. The summed E-state index contributed by atoms with van der Waals surface area (Å²) in [7, 11) is 3.72. The van der Waals surface area contributed by atoms with Gasteiger partial charge in [0.2, 0.25) is 5.95 Å². The molecule has 0 amide bonds. The van der Waals surface area contributed by atoms with Crippen molar-refractivity contribution in [2.24, 2.45) is 7.05 Å². The van der Waals surface area contributed by atoms with Crippen molar-refractivity contribution in [3.05, 3.63) is 23.7 Å². The van der Waals surface area contributed by atoms with Gasteiger partial charge in [-0.2, -0.15) is 10.1 Å². The number of hydrogen-bond acceptors (Lipinski definition) is 5. The second-order valence-corrected chi connectivity index (χ2v) is 3.90. The molecule has 6 heteroatoms. The zero-order valence-electron chi connectivity index (χ0n) is 10.4. The number of rotatable bonds is 3. The quantitative estimate of drug-likeness (QED) is 0.841. The van der Waals surface area contributed by atoms with Gasteiger partial charge in [0.1, 0.15) is 5.82 Å². The zero-order valence-corrected chi connectivity index (χ0v) is 10.4. The number of nitrogens with one attached hydrogen (secondary N) is 2. The first-order chi connectivity index (χ1) is 8.10. The Balaban J connectivity index is 2.27. The molecule has 0 spiro atoms. The molecule has 0 bridgehead atoms. The molecule has 0 atom stereocenters. The van der Waals surface area contributed by atoms with Crippen LogP contribution in [0.15, 0.2) is 12.4 Å². The fourth-order valence-electron chi connectivity index (χ4n) is 1.60. The van der Waals surface area contributed by atoms with Crippen LogP contribution in [0.1, 0.15) is 11.3 Å². The average Bonchev–Trinajstić information content (AvgIpc) is 2.60. The summed E-state index contributed by atoms with van der Waals surface area (Å²) < 4.78 is 1.75. The Kier molecular flexibility index (Phi) is 2.95. The van der Waals surface area contributed by atoms with E-state index in [1.54, 1.807) is 10.9 Å². The maximum Gasteiger partial charge on any atom is 0.229 e. The second kappa shape index (κ2) is 4.40. The van der Waals surface area contributed by atoms with Crippen molar-refractivity contribution in [3.63, 3.8) is 0 Å². The molecule has 2 aromatic heterocycles. The van der Waals surface area contributed by atoms with E-state index in [4.69, 9.17) is 0 Å². The van der Waals surface area contributed by atoms with Crippen LogP contribution in [-0.4, -0.2) is 26.8 Å². The molecule has 2 aromatic rings. The van der Waals surface area contributed by atoms with Crippen LogP contribution in [0, 0.1) is 13.8 Å². The van der Waals surface area contributed by atoms with E-state index >= 15 is 0 Å². The van der Waals surface area contributed by atoms with Crippen LogP contribution in [-0.2, 0) is 7.05 Å². The molecule has 17 heavy (non-hydrogen) atoms. The summed E-state index contributed by atoms with van der Waals surface area (Å²) in [5.41, 5.74) is 2.85. The molecule has 0 saturated carbocycles. The molecule has 0 aliphatic rings. The van der Waals surface area contributed by atoms with E-state index in [-0.39, 0.29) is 0 Å². The van der Waals surface area contributed by atoms with Gasteiger partial charge in [0.25, 0.3) is 0 Å². The number of nitrogens with zero attached hydrogens (tertiary/aromatic N) is 4. The molecule has 0 aliphatic heterocycles. The Hall–Kier alpha value is -2.11. The maximum atomic E-state index is 4.37. The minimum atomic E-state index is 0.566. The minimum Gasteiger partial charge on any atom is -0.373 e. The molecule has 2 N–H and O–H groups in total. The topological polar surface area (TPSA) is 67.7 Å². The molecule has 0 saturated heterocycles. The largest absolute Gasteiger partial charge is 0.373 e. The van der Waals surface area contributed by atoms with E-state index in [0.717, 1.165) is 22.8 Å². The van der Waals surface area contributed by atoms with Crippen LogP contribution in [0.5, 0.6) is 0 Å². The summed E-state index contributed by atoms with van der Waals surface area (Å²) in [6.07, 6.45) is 3.68. The lowest BCUT2D eigenvalue weighted by Gasteiger charge is -2.07. The van der Waals surface area contributed by atoms with E-state index in [1.807, 2.05) is 34.1 Å². The molecule has 0 fully saturated rings. The zero-order chi connectivity index (χ0) is 12.4. The molecule has 0 aromatic carbocycles. The van der Waals surface area contributed by atoms with Crippen molar-refractivity contribution < 1.29 is 0 Å². The summed E-state index contributed by atoms with van der Waals surface area (Å²) in [6, 6.07) is 0. The van der Waals surface area contributed by atoms with E-state index in [2.05, 4.69) is 25.7 Å². The summed E-state index contributed by atoms with van der Waals surface area (Å²) in [4.78, 5) is 8.60. The molecule has 6 nitrogen and oxygen atoms in total. The Labute approximate surface area is 100 Å². The maximum absolute atomic E-state index is 4.37. The van der Waals surface area contributed by atoms with Gasteiger partial charge < -0.3 is 10.6 Å². The Morgan fingerprint density at radius 3 is 2.65 bits per heavy atom. The van der Waals surface area contributed by atoms with Crippen LogP contribution in [0.2, 0.25) is 0 Å². The highest BCUT2D eigenvalue weighted by Crippen LogP contribution is 2.18. The summed E-state index contributed by atoms with van der Waals surface area (Å²) in [6.45, 7) is 3.90. The van der Waals surface area contributed by atoms with Crippen molar-refractivity contribution >= 4 is 17.5 Å². The highest BCUT2D eigenvalue weighted by atomic mass is 15.3. The van der Waals surface area contributed by atoms with E-state index < -0.39 is 0 Å². The molecule has 90 valence electrons. The van der Waals surface area contributed by atoms with Crippen LogP contribution in [0.25, 0.3) is 0 Å². The van der Waals surface area contributed by atoms with Gasteiger partial charge >= 0.3 is 0 Å². The van der Waals surface area contributed by atoms with Gasteiger partial charge in [-0.15, -0.1) is 0 Å². The lowest BCUT2D eigenvalue weighted by atomic mass is 10.3. The van der Waals surface area contributed by atoms with Gasteiger partial charge in [0, 0.05) is 32.1 Å². The highest BCUT2D eigenvalue weighted by molar-refractivity contribution is 5.57. The van der Waals surface area contributed by atoms with Gasteiger partial charge in [-0.25, -0.2) is 4.98 Å². The predicted molar refractivity (Wildman–Crippen MR) is 67.5 cm³/mol. The first-order valence-corrected chi connectivity index (χ1v) is 5.39. The number of aromatic nitrogens is 4. The van der Waals surface area contributed by atoms with Crippen LogP contribution >= 0.6 is 0 Å². The third-order valence-electron chi connectivity index (χ3n) is 2.47.